The highest BCUT2D eigenvalue weighted by Crippen LogP contribution is 2.51. The lowest BCUT2D eigenvalue weighted by Gasteiger charge is -2.28. The van der Waals surface area contributed by atoms with Gasteiger partial charge in [-0.15, -0.1) is 0 Å². The summed E-state index contributed by atoms with van der Waals surface area (Å²) in [5, 5.41) is 16.0. The Balaban J connectivity index is 1.16. The molecule has 0 radical (unpaired) electrons. The van der Waals surface area contributed by atoms with E-state index in [2.05, 4.69) is 185 Å². The first-order valence-electron chi connectivity index (χ1n) is 20.5. The standard InChI is InChI=1S/C54H42O2Si2/c1-57(2,3)49-29-43(32-20-21-35-37-15-9-12-31-13-10-19-46(51(31)37)56-48(35)28-32)39-22-24-42-50(58(4,5)6)30-44(40-23-25-41(49)53(39)54(40)42)33-26-27-47-52-36(33)16-11-17-38(52)34-14-7-8-18-45(34)55-47/h7-30H,1-6H3. The Labute approximate surface area is 340 Å². The predicted octanol–water partition coefficient (Wildman–Crippen LogP) is 14.9. The molecule has 0 bridgehead atoms. The molecule has 2 heterocycles. The van der Waals surface area contributed by atoms with Gasteiger partial charge in [-0.3, -0.25) is 0 Å². The van der Waals surface area contributed by atoms with E-state index in [0.29, 0.717) is 0 Å². The van der Waals surface area contributed by atoms with Crippen LogP contribution in [-0.4, -0.2) is 16.1 Å². The Hall–Kier alpha value is -6.21. The van der Waals surface area contributed by atoms with Crippen molar-refractivity contribution in [1.82, 2.24) is 0 Å². The average Bonchev–Trinajstić information content (AvgIpc) is 3.22. The highest BCUT2D eigenvalue weighted by Gasteiger charge is 2.30. The maximum Gasteiger partial charge on any atom is 0.135 e. The average molecular weight is 779 g/mol. The molecule has 278 valence electrons. The first-order valence-corrected chi connectivity index (χ1v) is 27.5. The lowest BCUT2D eigenvalue weighted by molar-refractivity contribution is 0.487. The number of ether oxygens (including phenoxy) is 2. The summed E-state index contributed by atoms with van der Waals surface area (Å²) in [5.74, 6) is 3.69. The van der Waals surface area contributed by atoms with Crippen molar-refractivity contribution in [2.75, 3.05) is 0 Å². The van der Waals surface area contributed by atoms with E-state index in [9.17, 15) is 0 Å². The summed E-state index contributed by atoms with van der Waals surface area (Å²) in [6, 6.07) is 54.3. The number of rotatable bonds is 4. The minimum atomic E-state index is -1.85. The van der Waals surface area contributed by atoms with E-state index in [1.807, 2.05) is 0 Å². The van der Waals surface area contributed by atoms with Gasteiger partial charge >= 0.3 is 0 Å². The highest BCUT2D eigenvalue weighted by molar-refractivity contribution is 6.91. The van der Waals surface area contributed by atoms with Crippen molar-refractivity contribution in [3.63, 3.8) is 0 Å². The van der Waals surface area contributed by atoms with Crippen LogP contribution in [0.15, 0.2) is 146 Å². The third-order valence-electron chi connectivity index (χ3n) is 12.9. The molecule has 0 unspecified atom stereocenters. The summed E-state index contributed by atoms with van der Waals surface area (Å²) in [4.78, 5) is 0. The monoisotopic (exact) mass is 778 g/mol. The maximum atomic E-state index is 6.74. The highest BCUT2D eigenvalue weighted by atomic mass is 28.3. The summed E-state index contributed by atoms with van der Waals surface area (Å²) in [6.07, 6.45) is 0. The zero-order valence-electron chi connectivity index (χ0n) is 33.7. The second-order valence-electron chi connectivity index (χ2n) is 18.4. The van der Waals surface area contributed by atoms with Gasteiger partial charge in [-0.05, 0) is 107 Å². The van der Waals surface area contributed by atoms with Crippen LogP contribution in [0.5, 0.6) is 23.0 Å². The van der Waals surface area contributed by atoms with Gasteiger partial charge in [0, 0.05) is 21.9 Å². The number of para-hydroxylation sites is 1. The molecule has 10 aromatic rings. The molecule has 2 aliphatic heterocycles. The fourth-order valence-electron chi connectivity index (χ4n) is 10.2. The summed E-state index contributed by atoms with van der Waals surface area (Å²) >= 11 is 0. The summed E-state index contributed by atoms with van der Waals surface area (Å²) < 4.78 is 13.3. The molecular weight excluding hydrogens is 737 g/mol. The number of hydrogen-bond acceptors (Lipinski definition) is 2. The quantitative estimate of drug-likeness (QED) is 0.131. The van der Waals surface area contributed by atoms with Gasteiger partial charge in [0.15, 0.2) is 0 Å². The van der Waals surface area contributed by atoms with E-state index in [1.165, 1.54) is 97.6 Å². The van der Waals surface area contributed by atoms with Crippen LogP contribution in [0, 0.1) is 0 Å². The Morgan fingerprint density at radius 3 is 1.57 bits per heavy atom. The molecule has 0 fully saturated rings. The molecule has 0 aromatic heterocycles. The van der Waals surface area contributed by atoms with Crippen LogP contribution in [0.1, 0.15) is 0 Å². The van der Waals surface area contributed by atoms with E-state index < -0.39 is 16.1 Å². The molecule has 0 saturated carbocycles. The molecule has 2 aliphatic rings. The van der Waals surface area contributed by atoms with Crippen LogP contribution in [0.2, 0.25) is 39.3 Å². The van der Waals surface area contributed by atoms with E-state index >= 15 is 0 Å². The second kappa shape index (κ2) is 11.7. The smallest absolute Gasteiger partial charge is 0.135 e. The lowest BCUT2D eigenvalue weighted by atomic mass is 9.85. The minimum absolute atomic E-state index is 0.917. The topological polar surface area (TPSA) is 18.5 Å². The SMILES string of the molecule is C[Si](C)(C)c1cc(-c2ccc3c(c2)Oc2cccc4cccc-3c24)c2ccc3c([Si](C)(C)C)cc(-c4ccc5c6c(cccc46)-c4ccccc4O5)c4ccc1c2c43. The normalized spacial score (nSPS) is 13.3. The van der Waals surface area contributed by atoms with Gasteiger partial charge in [-0.2, -0.15) is 0 Å². The third-order valence-corrected chi connectivity index (χ3v) is 16.9. The number of hydrogen-bond donors (Lipinski definition) is 0. The molecule has 0 saturated heterocycles. The van der Waals surface area contributed by atoms with Crippen molar-refractivity contribution in [3.8, 4) is 67.5 Å². The van der Waals surface area contributed by atoms with Crippen molar-refractivity contribution in [2.45, 2.75) is 39.3 Å². The van der Waals surface area contributed by atoms with Crippen molar-refractivity contribution in [1.29, 1.82) is 0 Å². The molecule has 0 N–H and O–H groups in total. The predicted molar refractivity (Wildman–Crippen MR) is 253 cm³/mol. The fourth-order valence-corrected chi connectivity index (χ4v) is 13.4. The summed E-state index contributed by atoms with van der Waals surface area (Å²) in [5.41, 5.74) is 9.80. The van der Waals surface area contributed by atoms with Crippen LogP contribution in [0.4, 0.5) is 0 Å². The van der Waals surface area contributed by atoms with Gasteiger partial charge in [0.2, 0.25) is 0 Å². The van der Waals surface area contributed by atoms with Gasteiger partial charge < -0.3 is 9.47 Å². The minimum Gasteiger partial charge on any atom is -0.456 e. The molecule has 0 spiro atoms. The van der Waals surface area contributed by atoms with E-state index in [1.54, 1.807) is 0 Å². The molecule has 12 rings (SSSR count). The van der Waals surface area contributed by atoms with Crippen molar-refractivity contribution < 1.29 is 9.47 Å². The van der Waals surface area contributed by atoms with Gasteiger partial charge in [-0.25, -0.2) is 0 Å². The van der Waals surface area contributed by atoms with Crippen LogP contribution in [-0.2, 0) is 0 Å². The zero-order chi connectivity index (χ0) is 39.2. The van der Waals surface area contributed by atoms with Gasteiger partial charge in [0.05, 0.1) is 16.1 Å². The van der Waals surface area contributed by atoms with Crippen LogP contribution >= 0.6 is 0 Å². The van der Waals surface area contributed by atoms with Crippen LogP contribution in [0.25, 0.3) is 98.4 Å². The van der Waals surface area contributed by atoms with Crippen molar-refractivity contribution >= 4 is 80.4 Å². The van der Waals surface area contributed by atoms with Gasteiger partial charge in [0.25, 0.3) is 0 Å². The Morgan fingerprint density at radius 2 is 0.828 bits per heavy atom. The largest absolute Gasteiger partial charge is 0.456 e. The molecule has 2 nitrogen and oxygen atoms in total. The molecule has 0 atom stereocenters. The maximum absolute atomic E-state index is 6.74. The van der Waals surface area contributed by atoms with Crippen LogP contribution < -0.4 is 19.8 Å². The first kappa shape index (κ1) is 33.9. The third kappa shape index (κ3) is 4.70. The molecule has 58 heavy (non-hydrogen) atoms. The van der Waals surface area contributed by atoms with Crippen molar-refractivity contribution in [2.24, 2.45) is 0 Å². The van der Waals surface area contributed by atoms with E-state index in [4.69, 9.17) is 9.47 Å². The summed E-state index contributed by atoms with van der Waals surface area (Å²) in [7, 11) is -3.69. The molecule has 0 amide bonds. The molecule has 4 heteroatoms. The summed E-state index contributed by atoms with van der Waals surface area (Å²) in [6.45, 7) is 15.0. The number of fused-ring (bicyclic) bond motifs is 4. The van der Waals surface area contributed by atoms with Crippen molar-refractivity contribution in [3.05, 3.63) is 146 Å². The zero-order valence-corrected chi connectivity index (χ0v) is 35.7. The number of benzene rings is 10. The Kier molecular flexibility index (Phi) is 6.83. The van der Waals surface area contributed by atoms with Gasteiger partial charge in [-0.1, -0.05) is 165 Å². The molecular formula is C54H42O2Si2. The molecule has 10 aromatic carbocycles. The molecule has 0 aliphatic carbocycles. The Bertz CT molecular complexity index is 3410. The van der Waals surface area contributed by atoms with Crippen LogP contribution in [0.3, 0.4) is 0 Å². The van der Waals surface area contributed by atoms with E-state index in [-0.39, 0.29) is 0 Å². The van der Waals surface area contributed by atoms with Gasteiger partial charge in [0.1, 0.15) is 23.0 Å². The lowest BCUT2D eigenvalue weighted by Crippen LogP contribution is -2.39. The Morgan fingerprint density at radius 1 is 0.310 bits per heavy atom. The fraction of sp³-hybridized carbons (Fsp3) is 0.111. The first-order chi connectivity index (χ1) is 28.0. The second-order valence-corrected chi connectivity index (χ2v) is 28.5. The van der Waals surface area contributed by atoms with E-state index in [0.717, 1.165) is 34.1 Å².